The van der Waals surface area contributed by atoms with Crippen LogP contribution in [0, 0.1) is 17.6 Å². The Kier molecular flexibility index (Phi) is 12.0. The second-order valence-corrected chi connectivity index (χ2v) is 8.18. The normalized spacial score (nSPS) is 11.1. The second kappa shape index (κ2) is 15.4. The van der Waals surface area contributed by atoms with Gasteiger partial charge in [-0.3, -0.25) is 9.59 Å². The van der Waals surface area contributed by atoms with Crippen LogP contribution in [0.5, 0.6) is 11.6 Å². The van der Waals surface area contributed by atoms with Gasteiger partial charge < -0.3 is 25.0 Å². The first-order valence-electron chi connectivity index (χ1n) is 11.6. The average molecular weight is 542 g/mol. The molecule has 0 aliphatic rings. The molecule has 1 atom stereocenters. The summed E-state index contributed by atoms with van der Waals surface area (Å²) in [6, 6.07) is 14.6. The first kappa shape index (κ1) is 30.4. The van der Waals surface area contributed by atoms with Crippen molar-refractivity contribution in [3.63, 3.8) is 0 Å². The molecule has 3 amide bonds. The Balaban J connectivity index is 0.000000377. The number of primary amides is 1. The van der Waals surface area contributed by atoms with Crippen molar-refractivity contribution >= 4 is 30.4 Å². The molecule has 0 saturated carbocycles. The lowest BCUT2D eigenvalue weighted by molar-refractivity contribution is -0.145. The van der Waals surface area contributed by atoms with Gasteiger partial charge in [-0.2, -0.15) is 0 Å². The summed E-state index contributed by atoms with van der Waals surface area (Å²) in [4.78, 5) is 43.2. The van der Waals surface area contributed by atoms with Crippen LogP contribution in [-0.4, -0.2) is 60.2 Å². The van der Waals surface area contributed by atoms with Gasteiger partial charge >= 0.3 is 12.0 Å². The molecule has 0 saturated heterocycles. The van der Waals surface area contributed by atoms with E-state index in [1.165, 1.54) is 60.8 Å². The zero-order valence-corrected chi connectivity index (χ0v) is 21.7. The molecule has 2 aromatic carbocycles. The van der Waals surface area contributed by atoms with Gasteiger partial charge in [-0.15, -0.1) is 0 Å². The van der Waals surface area contributed by atoms with Crippen LogP contribution in [0.25, 0.3) is 0 Å². The highest BCUT2D eigenvalue weighted by molar-refractivity contribution is 5.75. The minimum atomic E-state index is -0.554. The van der Waals surface area contributed by atoms with Crippen molar-refractivity contribution in [1.82, 2.24) is 14.8 Å². The van der Waals surface area contributed by atoms with Crippen LogP contribution in [0.4, 0.5) is 19.3 Å². The number of carbonyl (C=O) groups excluding carboxylic acids is 3. The number of methoxy groups -OCH3 is 1. The van der Waals surface area contributed by atoms with Crippen LogP contribution in [0.2, 0.25) is 0 Å². The number of aliphatic imine (C=N–C) groups is 1. The number of aromatic nitrogens is 1. The van der Waals surface area contributed by atoms with Crippen LogP contribution < -0.4 is 10.5 Å². The number of hydrogen-bond donors (Lipinski definition) is 1. The van der Waals surface area contributed by atoms with E-state index in [1.807, 2.05) is 0 Å². The number of ether oxygens (including phenoxy) is 2. The van der Waals surface area contributed by atoms with Crippen molar-refractivity contribution in [2.45, 2.75) is 13.5 Å². The van der Waals surface area contributed by atoms with E-state index in [-0.39, 0.29) is 36.7 Å². The van der Waals surface area contributed by atoms with Crippen molar-refractivity contribution < 1.29 is 32.6 Å². The number of rotatable bonds is 10. The van der Waals surface area contributed by atoms with Gasteiger partial charge in [0, 0.05) is 19.8 Å². The van der Waals surface area contributed by atoms with Crippen molar-refractivity contribution in [1.29, 1.82) is 0 Å². The predicted octanol–water partition coefficient (Wildman–Crippen LogP) is 4.28. The molecule has 0 radical (unpaired) electrons. The molecule has 0 fully saturated rings. The van der Waals surface area contributed by atoms with Crippen molar-refractivity contribution in [2.75, 3.05) is 20.7 Å². The van der Waals surface area contributed by atoms with E-state index in [2.05, 4.69) is 14.7 Å². The highest BCUT2D eigenvalue weighted by atomic mass is 19.1. The van der Waals surface area contributed by atoms with Gasteiger partial charge in [-0.05, 0) is 54.1 Å². The van der Waals surface area contributed by atoms with Crippen LogP contribution in [0.1, 0.15) is 12.5 Å². The Morgan fingerprint density at radius 2 is 1.77 bits per heavy atom. The number of carbonyl (C=O) groups is 3. The Labute approximate surface area is 224 Å². The number of nitrogens with two attached hydrogens (primary N) is 1. The number of esters is 1. The van der Waals surface area contributed by atoms with Crippen molar-refractivity contribution in [3.8, 4) is 11.6 Å². The molecule has 2 N–H and O–H groups in total. The summed E-state index contributed by atoms with van der Waals surface area (Å²) in [7, 11) is 2.84. The third kappa shape index (κ3) is 10.6. The number of halogens is 2. The maximum atomic E-state index is 13.5. The largest absolute Gasteiger partial charge is 0.469 e. The highest BCUT2D eigenvalue weighted by Gasteiger charge is 2.16. The topological polar surface area (TPSA) is 127 Å². The number of pyridine rings is 1. The number of hydrogen-bond acceptors (Lipinski definition) is 7. The molecule has 3 aromatic rings. The van der Waals surface area contributed by atoms with Gasteiger partial charge in [0.2, 0.25) is 6.41 Å². The van der Waals surface area contributed by atoms with E-state index in [1.54, 1.807) is 43.3 Å². The third-order valence-corrected chi connectivity index (χ3v) is 5.07. The van der Waals surface area contributed by atoms with Crippen molar-refractivity contribution in [3.05, 3.63) is 84.1 Å². The second-order valence-electron chi connectivity index (χ2n) is 8.18. The first-order valence-corrected chi connectivity index (χ1v) is 11.6. The lowest BCUT2D eigenvalue weighted by atomic mass is 10.2. The van der Waals surface area contributed by atoms with E-state index in [0.717, 1.165) is 5.56 Å². The molecule has 0 aliphatic heterocycles. The molecular weight excluding hydrogens is 512 g/mol. The van der Waals surface area contributed by atoms with Crippen LogP contribution >= 0.6 is 0 Å². The van der Waals surface area contributed by atoms with Crippen LogP contribution in [-0.2, 0) is 20.9 Å². The molecule has 0 bridgehead atoms. The van der Waals surface area contributed by atoms with Crippen LogP contribution in [0.15, 0.2) is 71.9 Å². The predicted molar refractivity (Wildman–Crippen MR) is 140 cm³/mol. The maximum absolute atomic E-state index is 13.5. The molecule has 0 unspecified atom stereocenters. The molecule has 0 spiro atoms. The number of nitrogens with zero attached hydrogens (tertiary/aromatic N) is 4. The summed E-state index contributed by atoms with van der Waals surface area (Å²) in [6.45, 7) is 2.22. The summed E-state index contributed by atoms with van der Waals surface area (Å²) in [5, 5.41) is 0. The number of benzene rings is 2. The lowest BCUT2D eigenvalue weighted by Gasteiger charge is -2.17. The summed E-state index contributed by atoms with van der Waals surface area (Å²) in [6.07, 6.45) is 3.45. The molecule has 12 heteroatoms. The fourth-order valence-electron chi connectivity index (χ4n) is 2.98. The van der Waals surface area contributed by atoms with E-state index >= 15 is 0 Å². The van der Waals surface area contributed by atoms with Gasteiger partial charge in [0.15, 0.2) is 5.82 Å². The van der Waals surface area contributed by atoms with E-state index in [4.69, 9.17) is 10.5 Å². The Morgan fingerprint density at radius 1 is 1.10 bits per heavy atom. The highest BCUT2D eigenvalue weighted by Crippen LogP contribution is 2.24. The van der Waals surface area contributed by atoms with E-state index in [0.29, 0.717) is 17.8 Å². The molecule has 3 rings (SSSR count). The lowest BCUT2D eigenvalue weighted by Crippen LogP contribution is -2.37. The van der Waals surface area contributed by atoms with Crippen molar-refractivity contribution in [2.24, 2.45) is 16.6 Å². The zero-order chi connectivity index (χ0) is 28.8. The SMILES string of the molecule is COC(=O)[C@@H](C)CN(C)C(N)=O.O=CN(C=Nc1ccc(Oc2ncccc2F)cc1)Cc1ccc(F)cc1. The smallest absolute Gasteiger partial charge is 0.314 e. The number of urea groups is 1. The first-order chi connectivity index (χ1) is 18.6. The number of amides is 3. The standard InChI is InChI=1S/C20H15F2N3O2.C7H14N2O3/c21-16-5-3-15(4-6-16)12-25(14-26)13-24-17-7-9-18(10-8-17)27-20-19(22)2-1-11-23-20;1-5(6(10)12-3)4-9(2)7(8)11/h1-11,13-14H,12H2;5H,4H2,1-3H3,(H2,8,11)/t;5-/m.0/s1. The molecule has 206 valence electrons. The summed E-state index contributed by atoms with van der Waals surface area (Å²) >= 11 is 0. The Morgan fingerprint density at radius 3 is 2.33 bits per heavy atom. The monoisotopic (exact) mass is 541 g/mol. The van der Waals surface area contributed by atoms with Gasteiger partial charge in [0.25, 0.3) is 5.88 Å². The molecule has 1 aromatic heterocycles. The third-order valence-electron chi connectivity index (χ3n) is 5.07. The van der Waals surface area contributed by atoms with Gasteiger partial charge in [0.1, 0.15) is 11.6 Å². The molecule has 0 aliphatic carbocycles. The minimum Gasteiger partial charge on any atom is -0.469 e. The molecular formula is C27H29F2N5O5. The molecule has 39 heavy (non-hydrogen) atoms. The average Bonchev–Trinajstić information content (AvgIpc) is 2.93. The maximum Gasteiger partial charge on any atom is 0.314 e. The Hall–Kier alpha value is -4.87. The van der Waals surface area contributed by atoms with Gasteiger partial charge in [0.05, 0.1) is 31.6 Å². The van der Waals surface area contributed by atoms with Gasteiger partial charge in [-0.1, -0.05) is 19.1 Å². The van der Waals surface area contributed by atoms with E-state index in [9.17, 15) is 23.2 Å². The summed E-state index contributed by atoms with van der Waals surface area (Å²) in [5.74, 6) is -1.28. The minimum absolute atomic E-state index is 0.111. The molecule has 1 heterocycles. The zero-order valence-electron chi connectivity index (χ0n) is 21.7. The summed E-state index contributed by atoms with van der Waals surface area (Å²) < 4.78 is 36.3. The van der Waals surface area contributed by atoms with Crippen LogP contribution in [0.3, 0.4) is 0 Å². The van der Waals surface area contributed by atoms with E-state index < -0.39 is 11.8 Å². The summed E-state index contributed by atoms with van der Waals surface area (Å²) in [5.41, 5.74) is 6.31. The van der Waals surface area contributed by atoms with Gasteiger partial charge in [-0.25, -0.2) is 23.6 Å². The fraction of sp³-hybridized carbons (Fsp3) is 0.222. The Bertz CT molecular complexity index is 1260. The fourth-order valence-corrected chi connectivity index (χ4v) is 2.98. The quantitative estimate of drug-likeness (QED) is 0.177. The molecule has 10 nitrogen and oxygen atoms in total.